The van der Waals surface area contributed by atoms with E-state index in [-0.39, 0.29) is 24.1 Å². The Morgan fingerprint density at radius 1 is 1.24 bits per heavy atom. The molecular weight excluding hydrogens is 317 g/mol. The van der Waals surface area contributed by atoms with E-state index in [4.69, 9.17) is 4.74 Å². The van der Waals surface area contributed by atoms with Gasteiger partial charge in [0.25, 0.3) is 0 Å². The molecule has 0 aliphatic carbocycles. The molecule has 0 aromatic heterocycles. The van der Waals surface area contributed by atoms with Crippen LogP contribution in [-0.2, 0) is 0 Å². The molecule has 1 aromatic rings. The number of halogens is 4. The van der Waals surface area contributed by atoms with Gasteiger partial charge in [0.15, 0.2) is 0 Å². The standard InChI is InChI=1S/C11H12BrF3OS/c1-7-5-9(6-8(2)10(7)12)16-3-4-17-11(13,14)15/h5-6H,3-4H2,1-2H3. The monoisotopic (exact) mass is 328 g/mol. The van der Waals surface area contributed by atoms with E-state index in [1.807, 2.05) is 13.8 Å². The smallest absolute Gasteiger partial charge is 0.441 e. The minimum Gasteiger partial charge on any atom is -0.493 e. The minimum atomic E-state index is -4.19. The summed E-state index contributed by atoms with van der Waals surface area (Å²) in [5.41, 5.74) is -2.18. The summed E-state index contributed by atoms with van der Waals surface area (Å²) in [7, 11) is 0. The summed E-state index contributed by atoms with van der Waals surface area (Å²) in [4.78, 5) is 0. The van der Waals surface area contributed by atoms with E-state index >= 15 is 0 Å². The molecule has 0 bridgehead atoms. The van der Waals surface area contributed by atoms with Gasteiger partial charge in [0.2, 0.25) is 0 Å². The highest BCUT2D eigenvalue weighted by Gasteiger charge is 2.27. The van der Waals surface area contributed by atoms with E-state index in [1.165, 1.54) is 0 Å². The zero-order valence-electron chi connectivity index (χ0n) is 9.40. The fourth-order valence-electron chi connectivity index (χ4n) is 1.31. The molecule has 0 spiro atoms. The van der Waals surface area contributed by atoms with Gasteiger partial charge in [-0.15, -0.1) is 0 Å². The minimum absolute atomic E-state index is 0.0463. The van der Waals surface area contributed by atoms with E-state index in [0.717, 1.165) is 15.6 Å². The third-order valence-corrected chi connectivity index (χ3v) is 3.98. The van der Waals surface area contributed by atoms with Gasteiger partial charge in [0.1, 0.15) is 5.75 Å². The van der Waals surface area contributed by atoms with Crippen LogP contribution in [-0.4, -0.2) is 17.9 Å². The zero-order valence-corrected chi connectivity index (χ0v) is 11.8. The normalized spacial score (nSPS) is 11.6. The third-order valence-electron chi connectivity index (χ3n) is 2.03. The van der Waals surface area contributed by atoms with Crippen LogP contribution < -0.4 is 4.74 Å². The molecule has 1 rings (SSSR count). The van der Waals surface area contributed by atoms with Crippen molar-refractivity contribution in [2.75, 3.05) is 12.4 Å². The number of hydrogen-bond donors (Lipinski definition) is 0. The molecule has 0 atom stereocenters. The van der Waals surface area contributed by atoms with Crippen molar-refractivity contribution in [3.8, 4) is 5.75 Å². The van der Waals surface area contributed by atoms with E-state index in [2.05, 4.69) is 15.9 Å². The first kappa shape index (κ1) is 14.7. The molecule has 0 unspecified atom stereocenters. The van der Waals surface area contributed by atoms with Gasteiger partial charge in [0.05, 0.1) is 6.61 Å². The van der Waals surface area contributed by atoms with Crippen LogP contribution in [0.15, 0.2) is 16.6 Å². The van der Waals surface area contributed by atoms with Crippen LogP contribution >= 0.6 is 27.7 Å². The molecule has 96 valence electrons. The highest BCUT2D eigenvalue weighted by atomic mass is 79.9. The highest BCUT2D eigenvalue weighted by molar-refractivity contribution is 9.10. The predicted octanol–water partition coefficient (Wildman–Crippen LogP) is 4.70. The van der Waals surface area contributed by atoms with Crippen LogP contribution in [0.4, 0.5) is 13.2 Å². The topological polar surface area (TPSA) is 9.23 Å². The number of ether oxygens (including phenoxy) is 1. The Labute approximate surface area is 111 Å². The molecule has 0 amide bonds. The SMILES string of the molecule is Cc1cc(OCCSC(F)(F)F)cc(C)c1Br. The Morgan fingerprint density at radius 2 is 1.76 bits per heavy atom. The molecule has 1 nitrogen and oxygen atoms in total. The number of rotatable bonds is 4. The lowest BCUT2D eigenvalue weighted by molar-refractivity contribution is -0.0329. The third kappa shape index (κ3) is 5.21. The summed E-state index contributed by atoms with van der Waals surface area (Å²) in [5.74, 6) is 0.503. The summed E-state index contributed by atoms with van der Waals surface area (Å²) in [5, 5.41) is 0. The Morgan fingerprint density at radius 3 is 2.24 bits per heavy atom. The van der Waals surface area contributed by atoms with Crippen molar-refractivity contribution in [2.24, 2.45) is 0 Å². The summed E-state index contributed by atoms with van der Waals surface area (Å²) in [6.07, 6.45) is 0. The van der Waals surface area contributed by atoms with Crippen LogP contribution in [0.1, 0.15) is 11.1 Å². The van der Waals surface area contributed by atoms with E-state index < -0.39 is 5.51 Å². The Bertz CT molecular complexity index is 370. The quantitative estimate of drug-likeness (QED) is 0.741. The zero-order chi connectivity index (χ0) is 13.1. The molecule has 0 saturated carbocycles. The lowest BCUT2D eigenvalue weighted by Crippen LogP contribution is -2.07. The van der Waals surface area contributed by atoms with E-state index in [1.54, 1.807) is 12.1 Å². The van der Waals surface area contributed by atoms with Crippen molar-refractivity contribution in [2.45, 2.75) is 19.4 Å². The van der Waals surface area contributed by atoms with Gasteiger partial charge in [-0.05, 0) is 48.9 Å². The summed E-state index contributed by atoms with van der Waals surface area (Å²) >= 11 is 3.34. The van der Waals surface area contributed by atoms with Crippen molar-refractivity contribution in [1.29, 1.82) is 0 Å². The largest absolute Gasteiger partial charge is 0.493 e. The van der Waals surface area contributed by atoms with Crippen molar-refractivity contribution < 1.29 is 17.9 Å². The Balaban J connectivity index is 2.48. The molecule has 0 aliphatic heterocycles. The van der Waals surface area contributed by atoms with E-state index in [0.29, 0.717) is 5.75 Å². The molecule has 0 N–H and O–H groups in total. The first-order chi connectivity index (χ1) is 7.79. The molecule has 0 heterocycles. The number of hydrogen-bond acceptors (Lipinski definition) is 2. The van der Waals surface area contributed by atoms with Gasteiger partial charge in [-0.2, -0.15) is 13.2 Å². The summed E-state index contributed by atoms with van der Waals surface area (Å²) < 4.78 is 41.9. The second kappa shape index (κ2) is 6.00. The van der Waals surface area contributed by atoms with Crippen molar-refractivity contribution >= 4 is 27.7 Å². The number of benzene rings is 1. The van der Waals surface area contributed by atoms with Gasteiger partial charge >= 0.3 is 5.51 Å². The molecule has 17 heavy (non-hydrogen) atoms. The van der Waals surface area contributed by atoms with Crippen LogP contribution in [0.25, 0.3) is 0 Å². The van der Waals surface area contributed by atoms with Gasteiger partial charge in [0, 0.05) is 10.2 Å². The average Bonchev–Trinajstić information content (AvgIpc) is 2.19. The second-order valence-corrected chi connectivity index (χ2v) is 5.47. The molecule has 0 saturated heterocycles. The second-order valence-electron chi connectivity index (χ2n) is 3.51. The maximum absolute atomic E-state index is 11.9. The van der Waals surface area contributed by atoms with Gasteiger partial charge < -0.3 is 4.74 Å². The maximum atomic E-state index is 11.9. The van der Waals surface area contributed by atoms with Gasteiger partial charge in [-0.25, -0.2) is 0 Å². The lowest BCUT2D eigenvalue weighted by Gasteiger charge is -2.10. The Kier molecular flexibility index (Phi) is 5.19. The average molecular weight is 329 g/mol. The van der Waals surface area contributed by atoms with Gasteiger partial charge in [-0.1, -0.05) is 15.9 Å². The molecule has 0 radical (unpaired) electrons. The summed E-state index contributed by atoms with van der Waals surface area (Å²) in [6.45, 7) is 3.87. The van der Waals surface area contributed by atoms with Crippen molar-refractivity contribution in [3.05, 3.63) is 27.7 Å². The Hall–Kier alpha value is -0.360. The number of thioether (sulfide) groups is 1. The van der Waals surface area contributed by atoms with Crippen LogP contribution in [0.3, 0.4) is 0 Å². The molecule has 0 aliphatic rings. The molecular formula is C11H12BrF3OS. The first-order valence-corrected chi connectivity index (χ1v) is 6.67. The van der Waals surface area contributed by atoms with Crippen LogP contribution in [0, 0.1) is 13.8 Å². The molecule has 1 aromatic carbocycles. The number of alkyl halides is 3. The van der Waals surface area contributed by atoms with Crippen LogP contribution in [0.5, 0.6) is 5.75 Å². The van der Waals surface area contributed by atoms with Crippen LogP contribution in [0.2, 0.25) is 0 Å². The lowest BCUT2D eigenvalue weighted by atomic mass is 10.1. The van der Waals surface area contributed by atoms with Gasteiger partial charge in [-0.3, -0.25) is 0 Å². The maximum Gasteiger partial charge on any atom is 0.441 e. The fourth-order valence-corrected chi connectivity index (χ4v) is 1.93. The molecule has 6 heteroatoms. The fraction of sp³-hybridized carbons (Fsp3) is 0.455. The molecule has 0 fully saturated rings. The van der Waals surface area contributed by atoms with Crippen molar-refractivity contribution in [1.82, 2.24) is 0 Å². The first-order valence-electron chi connectivity index (χ1n) is 4.90. The summed E-state index contributed by atoms with van der Waals surface area (Å²) in [6, 6.07) is 3.60. The predicted molar refractivity (Wildman–Crippen MR) is 67.6 cm³/mol. The number of aryl methyl sites for hydroxylation is 2. The van der Waals surface area contributed by atoms with Crippen molar-refractivity contribution in [3.63, 3.8) is 0 Å². The van der Waals surface area contributed by atoms with E-state index in [9.17, 15) is 13.2 Å². The highest BCUT2D eigenvalue weighted by Crippen LogP contribution is 2.30.